The van der Waals surface area contributed by atoms with Gasteiger partial charge in [0.1, 0.15) is 6.07 Å². The molecule has 14 heavy (non-hydrogen) atoms. The van der Waals surface area contributed by atoms with E-state index in [9.17, 15) is 4.79 Å². The second-order valence-corrected chi connectivity index (χ2v) is 4.01. The molecule has 0 saturated carbocycles. The minimum Gasteiger partial charge on any atom is -0.465 e. The Hall–Kier alpha value is -0.800. The van der Waals surface area contributed by atoms with Crippen LogP contribution in [0.2, 0.25) is 5.02 Å². The minimum absolute atomic E-state index is 0.201. The molecule has 5 heteroatoms. The molecule has 0 aromatic heterocycles. The van der Waals surface area contributed by atoms with Crippen LogP contribution in [0.25, 0.3) is 0 Å². The van der Waals surface area contributed by atoms with Gasteiger partial charge in [0.05, 0.1) is 18.2 Å². The number of carbonyl (C=O) groups excluding carboxylic acids is 1. The van der Waals surface area contributed by atoms with E-state index < -0.39 is 5.97 Å². The first-order valence-corrected chi connectivity index (χ1v) is 5.03. The van der Waals surface area contributed by atoms with E-state index in [0.29, 0.717) is 14.2 Å². The molecule has 0 aliphatic heterocycles. The monoisotopic (exact) mass is 321 g/mol. The smallest absolute Gasteiger partial charge is 0.339 e. The van der Waals surface area contributed by atoms with Crippen LogP contribution in [-0.2, 0) is 4.74 Å². The number of methoxy groups -OCH3 is 1. The van der Waals surface area contributed by atoms with Gasteiger partial charge in [-0.25, -0.2) is 4.79 Å². The average molecular weight is 322 g/mol. The van der Waals surface area contributed by atoms with Gasteiger partial charge in [0.2, 0.25) is 0 Å². The highest BCUT2D eigenvalue weighted by molar-refractivity contribution is 14.1. The fourth-order valence-corrected chi connectivity index (χ4v) is 2.11. The molecule has 3 nitrogen and oxygen atoms in total. The number of hydrogen-bond donors (Lipinski definition) is 0. The second-order valence-electron chi connectivity index (χ2n) is 2.41. The number of nitrogens with zero attached hydrogens (tertiary/aromatic N) is 1. The molecular formula is C9H5ClINO2. The first-order chi connectivity index (χ1) is 6.60. The van der Waals surface area contributed by atoms with Gasteiger partial charge < -0.3 is 4.74 Å². The number of rotatable bonds is 1. The SMILES string of the molecule is COC(=O)c1cc(Cl)cc(I)c1C#N. The van der Waals surface area contributed by atoms with E-state index in [0.717, 1.165) is 0 Å². The van der Waals surface area contributed by atoms with E-state index in [1.54, 1.807) is 6.07 Å². The quantitative estimate of drug-likeness (QED) is 0.590. The molecule has 0 radical (unpaired) electrons. The number of esters is 1. The van der Waals surface area contributed by atoms with Gasteiger partial charge in [0, 0.05) is 8.59 Å². The second kappa shape index (κ2) is 4.62. The summed E-state index contributed by atoms with van der Waals surface area (Å²) in [5.74, 6) is -0.554. The Bertz CT molecular complexity index is 426. The maximum Gasteiger partial charge on any atom is 0.339 e. The van der Waals surface area contributed by atoms with E-state index in [1.165, 1.54) is 13.2 Å². The predicted molar refractivity (Wildman–Crippen MR) is 60.2 cm³/mol. The van der Waals surface area contributed by atoms with Gasteiger partial charge in [-0.05, 0) is 34.7 Å². The van der Waals surface area contributed by atoms with Gasteiger partial charge in [0.15, 0.2) is 0 Å². The van der Waals surface area contributed by atoms with Crippen molar-refractivity contribution in [2.24, 2.45) is 0 Å². The third-order valence-corrected chi connectivity index (χ3v) is 2.64. The summed E-state index contributed by atoms with van der Waals surface area (Å²) in [7, 11) is 1.26. The van der Waals surface area contributed by atoms with Gasteiger partial charge in [-0.1, -0.05) is 11.6 Å². The summed E-state index contributed by atoms with van der Waals surface area (Å²) < 4.78 is 5.17. The van der Waals surface area contributed by atoms with Gasteiger partial charge in [-0.2, -0.15) is 5.26 Å². The summed E-state index contributed by atoms with van der Waals surface area (Å²) in [6, 6.07) is 4.98. The summed E-state index contributed by atoms with van der Waals surface area (Å²) in [6.45, 7) is 0. The lowest BCUT2D eigenvalue weighted by Crippen LogP contribution is -2.05. The molecule has 0 bridgehead atoms. The Morgan fingerprint density at radius 1 is 1.64 bits per heavy atom. The molecule has 0 spiro atoms. The van der Waals surface area contributed by atoms with Crippen molar-refractivity contribution in [3.63, 3.8) is 0 Å². The lowest BCUT2D eigenvalue weighted by atomic mass is 10.1. The Balaban J connectivity index is 3.41. The third kappa shape index (κ3) is 2.16. The lowest BCUT2D eigenvalue weighted by Gasteiger charge is -2.04. The maximum absolute atomic E-state index is 11.3. The molecule has 0 fully saturated rings. The average Bonchev–Trinajstić information content (AvgIpc) is 2.15. The van der Waals surface area contributed by atoms with Gasteiger partial charge in [-0.15, -0.1) is 0 Å². The van der Waals surface area contributed by atoms with Crippen molar-refractivity contribution >= 4 is 40.2 Å². The highest BCUT2D eigenvalue weighted by Crippen LogP contribution is 2.22. The number of halogens is 2. The van der Waals surface area contributed by atoms with Gasteiger partial charge in [0.25, 0.3) is 0 Å². The summed E-state index contributed by atoms with van der Waals surface area (Å²) in [6.07, 6.45) is 0. The summed E-state index contributed by atoms with van der Waals surface area (Å²) >= 11 is 7.70. The van der Waals surface area contributed by atoms with E-state index >= 15 is 0 Å². The molecule has 0 amide bonds. The normalized spacial score (nSPS) is 9.29. The van der Waals surface area contributed by atoms with Crippen LogP contribution in [0.5, 0.6) is 0 Å². The molecule has 72 valence electrons. The number of ether oxygens (including phenoxy) is 1. The van der Waals surface area contributed by atoms with Crippen LogP contribution in [0, 0.1) is 14.9 Å². The van der Waals surface area contributed by atoms with E-state index in [1.807, 2.05) is 28.7 Å². The van der Waals surface area contributed by atoms with Crippen LogP contribution in [0.4, 0.5) is 0 Å². The van der Waals surface area contributed by atoms with Crippen LogP contribution >= 0.6 is 34.2 Å². The van der Waals surface area contributed by atoms with Crippen LogP contribution in [-0.4, -0.2) is 13.1 Å². The van der Waals surface area contributed by atoms with Crippen LogP contribution in [0.3, 0.4) is 0 Å². The molecule has 0 aliphatic rings. The van der Waals surface area contributed by atoms with Crippen molar-refractivity contribution in [2.75, 3.05) is 7.11 Å². The molecule has 0 aliphatic carbocycles. The Labute approximate surface area is 99.8 Å². The zero-order valence-corrected chi connectivity index (χ0v) is 10.1. The number of benzene rings is 1. The number of hydrogen-bond acceptors (Lipinski definition) is 3. The zero-order valence-electron chi connectivity index (χ0n) is 7.17. The van der Waals surface area contributed by atoms with E-state index in [-0.39, 0.29) is 5.56 Å². The molecule has 1 aromatic carbocycles. The van der Waals surface area contributed by atoms with Crippen LogP contribution in [0.1, 0.15) is 15.9 Å². The highest BCUT2D eigenvalue weighted by Gasteiger charge is 2.15. The summed E-state index contributed by atoms with van der Waals surface area (Å²) in [4.78, 5) is 11.3. The van der Waals surface area contributed by atoms with Crippen molar-refractivity contribution in [3.8, 4) is 6.07 Å². The fourth-order valence-electron chi connectivity index (χ4n) is 0.958. The molecule has 1 aromatic rings. The minimum atomic E-state index is -0.554. The molecule has 0 atom stereocenters. The van der Waals surface area contributed by atoms with Crippen molar-refractivity contribution in [1.82, 2.24) is 0 Å². The number of carbonyl (C=O) groups is 1. The molecule has 0 heterocycles. The van der Waals surface area contributed by atoms with E-state index in [2.05, 4.69) is 4.74 Å². The lowest BCUT2D eigenvalue weighted by molar-refractivity contribution is 0.0600. The van der Waals surface area contributed by atoms with Crippen LogP contribution < -0.4 is 0 Å². The zero-order chi connectivity index (χ0) is 10.7. The topological polar surface area (TPSA) is 50.1 Å². The van der Waals surface area contributed by atoms with Gasteiger partial charge in [-0.3, -0.25) is 0 Å². The van der Waals surface area contributed by atoms with Crippen molar-refractivity contribution < 1.29 is 9.53 Å². The predicted octanol–water partition coefficient (Wildman–Crippen LogP) is 2.60. The Morgan fingerprint density at radius 3 is 2.79 bits per heavy atom. The first kappa shape index (κ1) is 11.3. The van der Waals surface area contributed by atoms with Crippen molar-refractivity contribution in [3.05, 3.63) is 31.9 Å². The molecule has 0 N–H and O–H groups in total. The summed E-state index contributed by atoms with van der Waals surface area (Å²) in [5, 5.41) is 9.24. The van der Waals surface area contributed by atoms with Crippen molar-refractivity contribution in [2.45, 2.75) is 0 Å². The van der Waals surface area contributed by atoms with Crippen LogP contribution in [0.15, 0.2) is 12.1 Å². The van der Waals surface area contributed by atoms with Crippen molar-refractivity contribution in [1.29, 1.82) is 5.26 Å². The molecule has 0 unspecified atom stereocenters. The summed E-state index contributed by atoms with van der Waals surface area (Å²) in [5.41, 5.74) is 0.494. The molecular weight excluding hydrogens is 316 g/mol. The maximum atomic E-state index is 11.3. The molecule has 1 rings (SSSR count). The fraction of sp³-hybridized carbons (Fsp3) is 0.111. The largest absolute Gasteiger partial charge is 0.465 e. The third-order valence-electron chi connectivity index (χ3n) is 1.57. The standard InChI is InChI=1S/C9H5ClINO2/c1-14-9(13)6-2-5(10)3-8(11)7(6)4-12/h2-3H,1H3. The number of nitriles is 1. The first-order valence-electron chi connectivity index (χ1n) is 3.57. The Morgan fingerprint density at radius 2 is 2.29 bits per heavy atom. The van der Waals surface area contributed by atoms with Gasteiger partial charge >= 0.3 is 5.97 Å². The molecule has 0 saturated heterocycles. The Kier molecular flexibility index (Phi) is 3.72. The highest BCUT2D eigenvalue weighted by atomic mass is 127. The van der Waals surface area contributed by atoms with E-state index in [4.69, 9.17) is 16.9 Å².